The molecule has 31 heavy (non-hydrogen) atoms. The van der Waals surface area contributed by atoms with Crippen LogP contribution in [0.2, 0.25) is 0 Å². The fourth-order valence-electron chi connectivity index (χ4n) is 4.02. The molecule has 1 unspecified atom stereocenters. The lowest BCUT2D eigenvalue weighted by atomic mass is 10.1. The lowest BCUT2D eigenvalue weighted by Gasteiger charge is -2.17. The Kier molecular flexibility index (Phi) is 5.97. The zero-order chi connectivity index (χ0) is 22.0. The fraction of sp³-hybridized carbons (Fsp3) is 0.348. The molecule has 2 saturated heterocycles. The summed E-state index contributed by atoms with van der Waals surface area (Å²) in [6.07, 6.45) is 2.03. The van der Waals surface area contributed by atoms with Crippen molar-refractivity contribution in [2.24, 2.45) is 5.92 Å². The van der Waals surface area contributed by atoms with Crippen molar-refractivity contribution in [3.63, 3.8) is 0 Å². The summed E-state index contributed by atoms with van der Waals surface area (Å²) in [6, 6.07) is 10.1. The maximum absolute atomic E-state index is 14.0. The van der Waals surface area contributed by atoms with E-state index in [0.717, 1.165) is 37.6 Å². The van der Waals surface area contributed by atoms with Gasteiger partial charge in [-0.2, -0.15) is 0 Å². The molecule has 0 saturated carbocycles. The third-order valence-electron chi connectivity index (χ3n) is 5.76. The van der Waals surface area contributed by atoms with E-state index in [1.807, 2.05) is 4.90 Å². The first-order valence-corrected chi connectivity index (χ1v) is 10.3. The van der Waals surface area contributed by atoms with E-state index < -0.39 is 17.6 Å². The molecule has 0 bridgehead atoms. The normalized spacial score (nSPS) is 18.5. The molecule has 0 spiro atoms. The highest BCUT2D eigenvalue weighted by Crippen LogP contribution is 2.28. The standard InChI is InChI=1S/C23H23F2N3O3/c24-18-7-8-20(19(25)12-18)28-14-17(11-21(28)29)22(30)26-13-15-3-5-16(6-4-15)23(31)27-9-1-2-10-27/h3-8,12,17H,1-2,9-11,13-14H2,(H,26,30). The monoisotopic (exact) mass is 427 g/mol. The first kappa shape index (κ1) is 21.0. The first-order valence-electron chi connectivity index (χ1n) is 10.3. The van der Waals surface area contributed by atoms with Gasteiger partial charge < -0.3 is 15.1 Å². The van der Waals surface area contributed by atoms with Crippen LogP contribution in [0, 0.1) is 17.6 Å². The molecule has 4 rings (SSSR count). The van der Waals surface area contributed by atoms with Crippen LogP contribution in [0.15, 0.2) is 42.5 Å². The SMILES string of the molecule is O=C(NCc1ccc(C(=O)N2CCCC2)cc1)C1CC(=O)N(c2ccc(F)cc2F)C1. The molecule has 8 heteroatoms. The van der Waals surface area contributed by atoms with Crippen LogP contribution in [-0.4, -0.2) is 42.3 Å². The van der Waals surface area contributed by atoms with Crippen LogP contribution in [0.25, 0.3) is 0 Å². The summed E-state index contributed by atoms with van der Waals surface area (Å²) in [6.45, 7) is 1.87. The van der Waals surface area contributed by atoms with Gasteiger partial charge in [-0.3, -0.25) is 14.4 Å². The number of rotatable bonds is 5. The molecule has 1 atom stereocenters. The van der Waals surface area contributed by atoms with Gasteiger partial charge in [-0.25, -0.2) is 8.78 Å². The number of anilines is 1. The maximum atomic E-state index is 14.0. The number of amides is 3. The second-order valence-corrected chi connectivity index (χ2v) is 7.92. The third-order valence-corrected chi connectivity index (χ3v) is 5.76. The quantitative estimate of drug-likeness (QED) is 0.798. The molecule has 6 nitrogen and oxygen atoms in total. The van der Waals surface area contributed by atoms with Crippen molar-refractivity contribution in [3.05, 3.63) is 65.2 Å². The van der Waals surface area contributed by atoms with Gasteiger partial charge in [0.15, 0.2) is 0 Å². The Morgan fingerprint density at radius 3 is 2.42 bits per heavy atom. The second-order valence-electron chi connectivity index (χ2n) is 7.92. The molecule has 0 aliphatic carbocycles. The van der Waals surface area contributed by atoms with Crippen LogP contribution in [-0.2, 0) is 16.1 Å². The molecule has 2 aromatic rings. The smallest absolute Gasteiger partial charge is 0.253 e. The van der Waals surface area contributed by atoms with Crippen LogP contribution >= 0.6 is 0 Å². The molecule has 0 radical (unpaired) electrons. The Morgan fingerprint density at radius 2 is 1.74 bits per heavy atom. The van der Waals surface area contributed by atoms with E-state index in [4.69, 9.17) is 0 Å². The van der Waals surface area contributed by atoms with E-state index in [1.165, 1.54) is 11.0 Å². The summed E-state index contributed by atoms with van der Waals surface area (Å²) in [5.74, 6) is -2.85. The zero-order valence-corrected chi connectivity index (χ0v) is 16.9. The highest BCUT2D eigenvalue weighted by molar-refractivity contribution is 6.00. The highest BCUT2D eigenvalue weighted by Gasteiger charge is 2.36. The van der Waals surface area contributed by atoms with Gasteiger partial charge >= 0.3 is 0 Å². The van der Waals surface area contributed by atoms with Gasteiger partial charge in [0.25, 0.3) is 5.91 Å². The number of carbonyl (C=O) groups is 3. The van der Waals surface area contributed by atoms with Gasteiger partial charge in [-0.1, -0.05) is 12.1 Å². The topological polar surface area (TPSA) is 69.7 Å². The van der Waals surface area contributed by atoms with Gasteiger partial charge in [0.05, 0.1) is 11.6 Å². The summed E-state index contributed by atoms with van der Waals surface area (Å²) < 4.78 is 27.1. The summed E-state index contributed by atoms with van der Waals surface area (Å²) in [4.78, 5) is 40.2. The molecule has 2 fully saturated rings. The average Bonchev–Trinajstić information content (AvgIpc) is 3.42. The third kappa shape index (κ3) is 4.57. The van der Waals surface area contributed by atoms with E-state index in [9.17, 15) is 23.2 Å². The zero-order valence-electron chi connectivity index (χ0n) is 16.9. The fourth-order valence-corrected chi connectivity index (χ4v) is 4.02. The van der Waals surface area contributed by atoms with E-state index in [0.29, 0.717) is 11.6 Å². The minimum atomic E-state index is -0.835. The van der Waals surface area contributed by atoms with Crippen LogP contribution in [0.1, 0.15) is 35.2 Å². The number of carbonyl (C=O) groups excluding carboxylic acids is 3. The number of likely N-dealkylation sites (tertiary alicyclic amines) is 1. The van der Waals surface area contributed by atoms with Crippen molar-refractivity contribution in [2.45, 2.75) is 25.8 Å². The lowest BCUT2D eigenvalue weighted by Crippen LogP contribution is -2.33. The number of hydrogen-bond acceptors (Lipinski definition) is 3. The van der Waals surface area contributed by atoms with Crippen molar-refractivity contribution in [1.82, 2.24) is 10.2 Å². The predicted molar refractivity (Wildman–Crippen MR) is 110 cm³/mol. The van der Waals surface area contributed by atoms with Gasteiger partial charge in [0.2, 0.25) is 11.8 Å². The lowest BCUT2D eigenvalue weighted by molar-refractivity contribution is -0.126. The second kappa shape index (κ2) is 8.83. The van der Waals surface area contributed by atoms with Gasteiger partial charge in [-0.15, -0.1) is 0 Å². The van der Waals surface area contributed by atoms with E-state index in [-0.39, 0.29) is 42.9 Å². The van der Waals surface area contributed by atoms with Crippen molar-refractivity contribution < 1.29 is 23.2 Å². The van der Waals surface area contributed by atoms with Crippen molar-refractivity contribution in [3.8, 4) is 0 Å². The first-order chi connectivity index (χ1) is 14.9. The molecule has 1 N–H and O–H groups in total. The Labute approximate surface area is 178 Å². The summed E-state index contributed by atoms with van der Waals surface area (Å²) >= 11 is 0. The van der Waals surface area contributed by atoms with Crippen molar-refractivity contribution in [2.75, 3.05) is 24.5 Å². The minimum absolute atomic E-state index is 0.0191. The molecule has 162 valence electrons. The molecule has 2 aromatic carbocycles. The van der Waals surface area contributed by atoms with Crippen LogP contribution in [0.3, 0.4) is 0 Å². The highest BCUT2D eigenvalue weighted by atomic mass is 19.1. The molecular formula is C23H23F2N3O3. The Hall–Kier alpha value is -3.29. The Balaban J connectivity index is 1.32. The predicted octanol–water partition coefficient (Wildman–Crippen LogP) is 2.87. The molecule has 2 aliphatic rings. The number of nitrogens with one attached hydrogen (secondary N) is 1. The summed E-state index contributed by atoms with van der Waals surface area (Å²) in [7, 11) is 0. The van der Waals surface area contributed by atoms with Crippen LogP contribution in [0.5, 0.6) is 0 Å². The Bertz CT molecular complexity index is 1000. The van der Waals surface area contributed by atoms with Gasteiger partial charge in [-0.05, 0) is 42.7 Å². The average molecular weight is 427 g/mol. The molecule has 2 heterocycles. The summed E-state index contributed by atoms with van der Waals surface area (Å²) in [5, 5.41) is 2.79. The minimum Gasteiger partial charge on any atom is -0.352 e. The van der Waals surface area contributed by atoms with Crippen LogP contribution < -0.4 is 10.2 Å². The van der Waals surface area contributed by atoms with E-state index in [2.05, 4.69) is 5.32 Å². The Morgan fingerprint density at radius 1 is 1.03 bits per heavy atom. The van der Waals surface area contributed by atoms with Gasteiger partial charge in [0.1, 0.15) is 11.6 Å². The number of halogens is 2. The number of nitrogens with zero attached hydrogens (tertiary/aromatic N) is 2. The van der Waals surface area contributed by atoms with Gasteiger partial charge in [0, 0.05) is 44.2 Å². The van der Waals surface area contributed by atoms with Crippen LogP contribution in [0.4, 0.5) is 14.5 Å². The molecule has 3 amide bonds. The molecular weight excluding hydrogens is 404 g/mol. The number of benzene rings is 2. The summed E-state index contributed by atoms with van der Waals surface area (Å²) in [5.41, 5.74) is 1.42. The van der Waals surface area contributed by atoms with E-state index >= 15 is 0 Å². The molecule has 0 aromatic heterocycles. The number of hydrogen-bond donors (Lipinski definition) is 1. The van der Waals surface area contributed by atoms with E-state index in [1.54, 1.807) is 24.3 Å². The maximum Gasteiger partial charge on any atom is 0.253 e. The van der Waals surface area contributed by atoms with Crippen molar-refractivity contribution in [1.29, 1.82) is 0 Å². The molecule has 2 aliphatic heterocycles. The van der Waals surface area contributed by atoms with Crippen molar-refractivity contribution >= 4 is 23.4 Å². The largest absolute Gasteiger partial charge is 0.352 e.